The number of nitrogens with one attached hydrogen (secondary N) is 2. The number of hydrogen-bond donors (Lipinski definition) is 2. The molecule has 4 rings (SSSR count). The molecule has 1 aliphatic heterocycles. The molecular weight excluding hydrogens is 330 g/mol. The van der Waals surface area contributed by atoms with E-state index >= 15 is 0 Å². The number of methoxy groups -OCH3 is 1. The zero-order chi connectivity index (χ0) is 18.1. The third kappa shape index (κ3) is 2.48. The van der Waals surface area contributed by atoms with Crippen LogP contribution in [0.2, 0.25) is 0 Å². The van der Waals surface area contributed by atoms with Crippen LogP contribution < -0.4 is 9.47 Å². The summed E-state index contributed by atoms with van der Waals surface area (Å²) in [6, 6.07) is 13.4. The summed E-state index contributed by atoms with van der Waals surface area (Å²) in [6.07, 6.45) is 3.35. The van der Waals surface area contributed by atoms with Crippen molar-refractivity contribution >= 4 is 5.90 Å². The number of hydrogen-bond acceptors (Lipinski definition) is 6. The summed E-state index contributed by atoms with van der Waals surface area (Å²) in [4.78, 5) is 4.05. The average Bonchev–Trinajstić information content (AvgIpc) is 3.11. The minimum absolute atomic E-state index is 0.102. The molecule has 0 fully saturated rings. The van der Waals surface area contributed by atoms with Crippen LogP contribution in [-0.4, -0.2) is 28.2 Å². The van der Waals surface area contributed by atoms with Crippen LogP contribution in [-0.2, 0) is 0 Å². The predicted molar refractivity (Wildman–Crippen MR) is 94.1 cm³/mol. The quantitative estimate of drug-likeness (QED) is 0.758. The second-order valence-electron chi connectivity index (χ2n) is 5.88. The molecule has 0 radical (unpaired) electrons. The maximum Gasteiger partial charge on any atom is 0.244 e. The van der Waals surface area contributed by atoms with Crippen molar-refractivity contribution in [1.82, 2.24) is 15.2 Å². The number of nitrogens with zero attached hydrogens (tertiary/aromatic N) is 3. The summed E-state index contributed by atoms with van der Waals surface area (Å²) in [5, 5.41) is 25.0. The van der Waals surface area contributed by atoms with Gasteiger partial charge in [0.1, 0.15) is 11.7 Å². The van der Waals surface area contributed by atoms with Crippen LogP contribution in [0.3, 0.4) is 0 Å². The Morgan fingerprint density at radius 3 is 2.58 bits per heavy atom. The number of H-pyrrole nitrogens is 1. The van der Waals surface area contributed by atoms with E-state index in [1.807, 2.05) is 36.4 Å². The molecule has 0 bridgehead atoms. The van der Waals surface area contributed by atoms with Crippen molar-refractivity contribution < 1.29 is 9.47 Å². The normalized spacial score (nSPS) is 18.5. The number of benzene rings is 1. The lowest BCUT2D eigenvalue weighted by Gasteiger charge is -2.28. The summed E-state index contributed by atoms with van der Waals surface area (Å²) in [6.45, 7) is 0. The number of aromatic amines is 1. The standard InChI is InChI=1S/C19H15N5O2/c1-25-13-4-2-12(3-5-13)17-16-15(11-6-8-22-9-7-11)14(10-20)18(21)26-19(16)24-23-17/h2-9,14-15,21H,1H3,(H,23,24). The number of ether oxygens (including phenoxy) is 2. The summed E-state index contributed by atoms with van der Waals surface area (Å²) >= 11 is 0. The van der Waals surface area contributed by atoms with Crippen LogP contribution in [0.5, 0.6) is 11.6 Å². The number of rotatable bonds is 3. The van der Waals surface area contributed by atoms with E-state index in [2.05, 4.69) is 21.3 Å². The van der Waals surface area contributed by atoms with E-state index in [1.165, 1.54) is 0 Å². The van der Waals surface area contributed by atoms with Gasteiger partial charge < -0.3 is 9.47 Å². The van der Waals surface area contributed by atoms with Crippen molar-refractivity contribution in [3.63, 3.8) is 0 Å². The molecular formula is C19H15N5O2. The van der Waals surface area contributed by atoms with E-state index < -0.39 is 5.92 Å². The molecule has 2 unspecified atom stereocenters. The first-order valence-electron chi connectivity index (χ1n) is 8.01. The van der Waals surface area contributed by atoms with Crippen LogP contribution in [0.15, 0.2) is 48.8 Å². The molecule has 2 atom stereocenters. The van der Waals surface area contributed by atoms with Gasteiger partial charge in [-0.3, -0.25) is 15.5 Å². The third-order valence-electron chi connectivity index (χ3n) is 4.49. The molecule has 2 aromatic heterocycles. The minimum atomic E-state index is -0.737. The average molecular weight is 345 g/mol. The van der Waals surface area contributed by atoms with Crippen LogP contribution in [0.25, 0.3) is 11.3 Å². The SMILES string of the molecule is COc1ccc(-c2[nH]nc3c2C(c2ccncc2)C(C#N)C(=N)O3)cc1. The molecule has 2 N–H and O–H groups in total. The van der Waals surface area contributed by atoms with E-state index in [9.17, 15) is 5.26 Å². The molecule has 128 valence electrons. The Bertz CT molecular complexity index is 989. The van der Waals surface area contributed by atoms with E-state index in [0.717, 1.165) is 28.1 Å². The van der Waals surface area contributed by atoms with Gasteiger partial charge in [-0.25, -0.2) is 0 Å². The van der Waals surface area contributed by atoms with Crippen molar-refractivity contribution in [3.8, 4) is 29.0 Å². The molecule has 0 saturated heterocycles. The van der Waals surface area contributed by atoms with Gasteiger partial charge in [0, 0.05) is 23.9 Å². The highest BCUT2D eigenvalue weighted by Crippen LogP contribution is 2.45. The van der Waals surface area contributed by atoms with Gasteiger partial charge in [-0.2, -0.15) is 5.26 Å². The van der Waals surface area contributed by atoms with Gasteiger partial charge in [-0.1, -0.05) is 0 Å². The first-order valence-corrected chi connectivity index (χ1v) is 8.01. The maximum atomic E-state index is 9.65. The van der Waals surface area contributed by atoms with Crippen LogP contribution in [0.4, 0.5) is 0 Å². The lowest BCUT2D eigenvalue weighted by molar-refractivity contribution is 0.415. The molecule has 0 aliphatic carbocycles. The summed E-state index contributed by atoms with van der Waals surface area (Å²) < 4.78 is 10.7. The Morgan fingerprint density at radius 1 is 1.19 bits per heavy atom. The Balaban J connectivity index is 1.89. The van der Waals surface area contributed by atoms with Gasteiger partial charge in [0.25, 0.3) is 0 Å². The fourth-order valence-corrected chi connectivity index (χ4v) is 3.23. The molecule has 7 nitrogen and oxygen atoms in total. The number of pyridine rings is 1. The van der Waals surface area contributed by atoms with Crippen molar-refractivity contribution in [2.75, 3.05) is 7.11 Å². The van der Waals surface area contributed by atoms with Gasteiger partial charge in [0.05, 0.1) is 24.4 Å². The van der Waals surface area contributed by atoms with E-state index in [4.69, 9.17) is 14.9 Å². The molecule has 0 saturated carbocycles. The Kier molecular flexibility index (Phi) is 3.86. The highest BCUT2D eigenvalue weighted by Gasteiger charge is 2.40. The van der Waals surface area contributed by atoms with Crippen LogP contribution in [0, 0.1) is 22.7 Å². The lowest BCUT2D eigenvalue weighted by Crippen LogP contribution is -2.30. The minimum Gasteiger partial charge on any atom is -0.497 e. The molecule has 3 heterocycles. The van der Waals surface area contributed by atoms with Crippen molar-refractivity contribution in [2.24, 2.45) is 5.92 Å². The number of fused-ring (bicyclic) bond motifs is 1. The first kappa shape index (κ1) is 15.8. The van der Waals surface area contributed by atoms with Gasteiger partial charge in [0.2, 0.25) is 11.8 Å². The summed E-state index contributed by atoms with van der Waals surface area (Å²) in [7, 11) is 1.61. The molecule has 1 aliphatic rings. The molecule has 0 spiro atoms. The Labute approximate surface area is 149 Å². The van der Waals surface area contributed by atoms with Crippen LogP contribution >= 0.6 is 0 Å². The number of nitriles is 1. The third-order valence-corrected chi connectivity index (χ3v) is 4.49. The van der Waals surface area contributed by atoms with E-state index in [-0.39, 0.29) is 11.8 Å². The topological polar surface area (TPSA) is 108 Å². The molecule has 3 aromatic rings. The lowest BCUT2D eigenvalue weighted by atomic mass is 9.79. The second-order valence-corrected chi connectivity index (χ2v) is 5.88. The molecule has 1 aromatic carbocycles. The summed E-state index contributed by atoms with van der Waals surface area (Å²) in [5.41, 5.74) is 3.31. The largest absolute Gasteiger partial charge is 0.497 e. The van der Waals surface area contributed by atoms with Gasteiger partial charge in [-0.05, 0) is 42.0 Å². The van der Waals surface area contributed by atoms with Gasteiger partial charge >= 0.3 is 0 Å². The molecule has 0 amide bonds. The number of aromatic nitrogens is 3. The van der Waals surface area contributed by atoms with Crippen molar-refractivity contribution in [3.05, 3.63) is 59.9 Å². The van der Waals surface area contributed by atoms with Gasteiger partial charge in [-0.15, -0.1) is 5.10 Å². The van der Waals surface area contributed by atoms with Crippen LogP contribution in [0.1, 0.15) is 17.0 Å². The molecule has 7 heteroatoms. The van der Waals surface area contributed by atoms with E-state index in [1.54, 1.807) is 19.5 Å². The highest BCUT2D eigenvalue weighted by molar-refractivity contribution is 5.86. The van der Waals surface area contributed by atoms with Crippen molar-refractivity contribution in [2.45, 2.75) is 5.92 Å². The first-order chi connectivity index (χ1) is 12.7. The van der Waals surface area contributed by atoms with E-state index in [0.29, 0.717) is 5.88 Å². The maximum absolute atomic E-state index is 9.65. The fourth-order valence-electron chi connectivity index (χ4n) is 3.23. The summed E-state index contributed by atoms with van der Waals surface area (Å²) in [5.74, 6) is -0.126. The fraction of sp³-hybridized carbons (Fsp3) is 0.158. The predicted octanol–water partition coefficient (Wildman–Crippen LogP) is 3.12. The van der Waals surface area contributed by atoms with Gasteiger partial charge in [0.15, 0.2) is 0 Å². The highest BCUT2D eigenvalue weighted by atomic mass is 16.5. The monoisotopic (exact) mass is 345 g/mol. The Hall–Kier alpha value is -3.66. The van der Waals surface area contributed by atoms with Crippen molar-refractivity contribution in [1.29, 1.82) is 10.7 Å². The second kappa shape index (κ2) is 6.33. The molecule has 26 heavy (non-hydrogen) atoms. The zero-order valence-electron chi connectivity index (χ0n) is 13.9. The zero-order valence-corrected chi connectivity index (χ0v) is 13.9. The smallest absolute Gasteiger partial charge is 0.244 e. The Morgan fingerprint density at radius 2 is 1.92 bits per heavy atom.